The van der Waals surface area contributed by atoms with E-state index in [0.717, 1.165) is 16.6 Å². The van der Waals surface area contributed by atoms with Gasteiger partial charge in [0.15, 0.2) is 0 Å². The van der Waals surface area contributed by atoms with Crippen LogP contribution in [0.3, 0.4) is 0 Å². The summed E-state index contributed by atoms with van der Waals surface area (Å²) in [6.07, 6.45) is 0. The topological polar surface area (TPSA) is 27.0 Å². The first-order valence-electron chi connectivity index (χ1n) is 5.25. The van der Waals surface area contributed by atoms with Crippen LogP contribution in [0, 0.1) is 11.3 Å². The number of hydrogen-bond acceptors (Lipinski definition) is 3. The van der Waals surface area contributed by atoms with Crippen LogP contribution in [0.4, 0.5) is 5.69 Å². The molecule has 2 rings (SSSR count). The van der Waals surface area contributed by atoms with E-state index in [1.807, 2.05) is 30.1 Å². The lowest BCUT2D eigenvalue weighted by Gasteiger charge is -2.19. The van der Waals surface area contributed by atoms with Gasteiger partial charge in [0.1, 0.15) is 0 Å². The van der Waals surface area contributed by atoms with E-state index in [4.69, 9.17) is 28.5 Å². The van der Waals surface area contributed by atoms with Crippen LogP contribution >= 0.6 is 34.5 Å². The summed E-state index contributed by atoms with van der Waals surface area (Å²) in [4.78, 5) is 3.20. The van der Waals surface area contributed by atoms with Gasteiger partial charge < -0.3 is 4.90 Å². The zero-order chi connectivity index (χ0) is 13.1. The van der Waals surface area contributed by atoms with Crippen molar-refractivity contribution in [1.82, 2.24) is 0 Å². The van der Waals surface area contributed by atoms with Crippen molar-refractivity contribution in [1.29, 1.82) is 5.26 Å². The van der Waals surface area contributed by atoms with Crippen LogP contribution in [0.25, 0.3) is 0 Å². The molecule has 0 fully saturated rings. The number of hydrogen-bond donors (Lipinski definition) is 0. The summed E-state index contributed by atoms with van der Waals surface area (Å²) < 4.78 is 0.782. The molecule has 2 aromatic rings. The van der Waals surface area contributed by atoms with Crippen LogP contribution in [0.5, 0.6) is 0 Å². The van der Waals surface area contributed by atoms with Gasteiger partial charge in [0.2, 0.25) is 0 Å². The summed E-state index contributed by atoms with van der Waals surface area (Å²) in [7, 11) is 1.96. The SMILES string of the molecule is CN(Cc1ccc(Cl)s1)c1ccc(C#N)cc1Cl. The molecular formula is C13H10Cl2N2S. The standard InChI is InChI=1S/C13H10Cl2N2S/c1-17(8-10-3-5-13(15)18-10)12-4-2-9(7-16)6-11(12)14/h2-6H,8H2,1H3. The van der Waals surface area contributed by atoms with E-state index in [9.17, 15) is 0 Å². The Labute approximate surface area is 120 Å². The van der Waals surface area contributed by atoms with Crippen molar-refractivity contribution in [3.05, 3.63) is 50.1 Å². The molecule has 92 valence electrons. The Balaban J connectivity index is 2.19. The zero-order valence-corrected chi connectivity index (χ0v) is 12.0. The van der Waals surface area contributed by atoms with Gasteiger partial charge in [-0.2, -0.15) is 5.26 Å². The monoisotopic (exact) mass is 296 g/mol. The number of halogens is 2. The van der Waals surface area contributed by atoms with Crippen LogP contribution in [-0.2, 0) is 6.54 Å². The highest BCUT2D eigenvalue weighted by molar-refractivity contribution is 7.16. The fourth-order valence-electron chi connectivity index (χ4n) is 1.64. The summed E-state index contributed by atoms with van der Waals surface area (Å²) in [5.74, 6) is 0. The fraction of sp³-hybridized carbons (Fsp3) is 0.154. The number of anilines is 1. The van der Waals surface area contributed by atoms with Crippen molar-refractivity contribution < 1.29 is 0 Å². The predicted molar refractivity (Wildman–Crippen MR) is 77.6 cm³/mol. The molecule has 0 amide bonds. The maximum Gasteiger partial charge on any atom is 0.0992 e. The molecule has 0 unspecified atom stereocenters. The lowest BCUT2D eigenvalue weighted by Crippen LogP contribution is -2.15. The van der Waals surface area contributed by atoms with E-state index in [0.29, 0.717) is 10.6 Å². The van der Waals surface area contributed by atoms with Crippen molar-refractivity contribution in [2.45, 2.75) is 6.54 Å². The summed E-state index contributed by atoms with van der Waals surface area (Å²) >= 11 is 13.6. The largest absolute Gasteiger partial charge is 0.368 e. The van der Waals surface area contributed by atoms with Gasteiger partial charge in [-0.25, -0.2) is 0 Å². The van der Waals surface area contributed by atoms with Crippen molar-refractivity contribution in [2.24, 2.45) is 0 Å². The van der Waals surface area contributed by atoms with Gasteiger partial charge in [0, 0.05) is 11.9 Å². The number of benzene rings is 1. The Morgan fingerprint density at radius 2 is 2.06 bits per heavy atom. The minimum atomic E-state index is 0.566. The Kier molecular flexibility index (Phi) is 4.13. The summed E-state index contributed by atoms with van der Waals surface area (Å²) in [5.41, 5.74) is 1.47. The molecule has 1 aromatic heterocycles. The molecule has 0 saturated carbocycles. The lowest BCUT2D eigenvalue weighted by molar-refractivity contribution is 0.940. The maximum absolute atomic E-state index is 8.79. The molecule has 0 aliphatic heterocycles. The molecule has 1 aromatic carbocycles. The van der Waals surface area contributed by atoms with Crippen molar-refractivity contribution in [3.63, 3.8) is 0 Å². The van der Waals surface area contributed by atoms with Gasteiger partial charge in [-0.05, 0) is 30.3 Å². The molecular weight excluding hydrogens is 287 g/mol. The van der Waals surface area contributed by atoms with Gasteiger partial charge in [-0.15, -0.1) is 11.3 Å². The summed E-state index contributed by atoms with van der Waals surface area (Å²) in [6, 6.07) is 11.2. The number of nitrogens with zero attached hydrogens (tertiary/aromatic N) is 2. The zero-order valence-electron chi connectivity index (χ0n) is 9.65. The van der Waals surface area contributed by atoms with Crippen LogP contribution in [-0.4, -0.2) is 7.05 Å². The number of thiophene rings is 1. The Hall–Kier alpha value is -1.21. The average Bonchev–Trinajstić information content (AvgIpc) is 2.74. The summed E-state index contributed by atoms with van der Waals surface area (Å²) in [6.45, 7) is 0.739. The van der Waals surface area contributed by atoms with Gasteiger partial charge in [-0.1, -0.05) is 23.2 Å². The van der Waals surface area contributed by atoms with Crippen molar-refractivity contribution in [2.75, 3.05) is 11.9 Å². The average molecular weight is 297 g/mol. The molecule has 0 spiro atoms. The van der Waals surface area contributed by atoms with Crippen LogP contribution in [0.15, 0.2) is 30.3 Å². The van der Waals surface area contributed by atoms with E-state index in [1.54, 1.807) is 23.5 Å². The molecule has 0 saturated heterocycles. The fourth-order valence-corrected chi connectivity index (χ4v) is 3.11. The van der Waals surface area contributed by atoms with Crippen LogP contribution in [0.1, 0.15) is 10.4 Å². The first-order chi connectivity index (χ1) is 8.60. The molecule has 0 bridgehead atoms. The quantitative estimate of drug-likeness (QED) is 0.830. The smallest absolute Gasteiger partial charge is 0.0992 e. The van der Waals surface area contributed by atoms with E-state index in [-0.39, 0.29) is 0 Å². The third-order valence-electron chi connectivity index (χ3n) is 2.51. The molecule has 1 heterocycles. The number of nitriles is 1. The molecule has 0 radical (unpaired) electrons. The van der Waals surface area contributed by atoms with Crippen molar-refractivity contribution in [3.8, 4) is 6.07 Å². The molecule has 2 nitrogen and oxygen atoms in total. The molecule has 0 atom stereocenters. The first-order valence-corrected chi connectivity index (χ1v) is 6.82. The second-order valence-electron chi connectivity index (χ2n) is 3.84. The highest BCUT2D eigenvalue weighted by Crippen LogP contribution is 2.29. The Bertz CT molecular complexity index is 601. The number of rotatable bonds is 3. The third-order valence-corrected chi connectivity index (χ3v) is 4.03. The molecule has 0 aliphatic carbocycles. The first kappa shape index (κ1) is 13.2. The molecule has 18 heavy (non-hydrogen) atoms. The van der Waals surface area contributed by atoms with Gasteiger partial charge in [0.05, 0.1) is 33.2 Å². The lowest BCUT2D eigenvalue weighted by atomic mass is 10.2. The maximum atomic E-state index is 8.79. The minimum absolute atomic E-state index is 0.566. The Morgan fingerprint density at radius 3 is 2.61 bits per heavy atom. The van der Waals surface area contributed by atoms with E-state index in [1.165, 1.54) is 4.88 Å². The normalized spacial score (nSPS) is 10.1. The molecule has 0 aliphatic rings. The summed E-state index contributed by atoms with van der Waals surface area (Å²) in [5, 5.41) is 9.38. The second kappa shape index (κ2) is 5.62. The van der Waals surface area contributed by atoms with Gasteiger partial charge in [-0.3, -0.25) is 0 Å². The second-order valence-corrected chi connectivity index (χ2v) is 6.05. The van der Waals surface area contributed by atoms with E-state index >= 15 is 0 Å². The van der Waals surface area contributed by atoms with Gasteiger partial charge in [0.25, 0.3) is 0 Å². The molecule has 0 N–H and O–H groups in total. The minimum Gasteiger partial charge on any atom is -0.368 e. The van der Waals surface area contributed by atoms with Crippen LogP contribution in [0.2, 0.25) is 9.36 Å². The van der Waals surface area contributed by atoms with Gasteiger partial charge >= 0.3 is 0 Å². The van der Waals surface area contributed by atoms with Crippen molar-refractivity contribution >= 4 is 40.2 Å². The molecule has 5 heteroatoms. The highest BCUT2D eigenvalue weighted by atomic mass is 35.5. The predicted octanol–water partition coefficient (Wildman–Crippen LogP) is 4.56. The van der Waals surface area contributed by atoms with Crippen LogP contribution < -0.4 is 4.90 Å². The Morgan fingerprint density at radius 1 is 1.28 bits per heavy atom. The van der Waals surface area contributed by atoms with E-state index in [2.05, 4.69) is 6.07 Å². The highest BCUT2D eigenvalue weighted by Gasteiger charge is 2.08. The van der Waals surface area contributed by atoms with E-state index < -0.39 is 0 Å². The third kappa shape index (κ3) is 2.97.